The quantitative estimate of drug-likeness (QED) is 0.284. The number of carbonyl (C=O) groups is 1. The molecule has 0 aliphatic heterocycles. The molecule has 0 bridgehead atoms. The molecule has 0 saturated heterocycles. The maximum absolute atomic E-state index is 11.9. The first kappa shape index (κ1) is 15.7. The first-order valence-electron chi connectivity index (χ1n) is 6.21. The van der Waals surface area contributed by atoms with Crippen LogP contribution in [0.2, 0.25) is 0 Å². The molecule has 1 aromatic rings. The molecule has 0 spiro atoms. The zero-order valence-electron chi connectivity index (χ0n) is 11.4. The molecule has 0 aromatic heterocycles. The van der Waals surface area contributed by atoms with Gasteiger partial charge in [0.1, 0.15) is 5.76 Å². The summed E-state index contributed by atoms with van der Waals surface area (Å²) >= 11 is 0. The molecule has 0 saturated carbocycles. The average Bonchev–Trinajstić information content (AvgIpc) is 2.38. The van der Waals surface area contributed by atoms with Crippen molar-refractivity contribution in [2.45, 2.75) is 19.8 Å². The van der Waals surface area contributed by atoms with E-state index in [4.69, 9.17) is 4.74 Å². The van der Waals surface area contributed by atoms with Crippen molar-refractivity contribution in [2.75, 3.05) is 13.2 Å². The Hall–Kier alpha value is -2.37. The molecule has 20 heavy (non-hydrogen) atoms. The van der Waals surface area contributed by atoms with Gasteiger partial charge in [0.2, 0.25) is 6.54 Å². The predicted octanol–water partition coefficient (Wildman–Crippen LogP) is 2.44. The van der Waals surface area contributed by atoms with Crippen LogP contribution in [0.1, 0.15) is 25.3 Å². The molecular formula is C14H17NO5. The van der Waals surface area contributed by atoms with Crippen molar-refractivity contribution in [1.82, 2.24) is 0 Å². The van der Waals surface area contributed by atoms with Gasteiger partial charge in [0.05, 0.1) is 18.1 Å². The van der Waals surface area contributed by atoms with Crippen LogP contribution in [-0.2, 0) is 9.53 Å². The third-order valence-corrected chi connectivity index (χ3v) is 2.77. The smallest absolute Gasteiger partial charge is 0.338 e. The van der Waals surface area contributed by atoms with Crippen LogP contribution >= 0.6 is 0 Å². The van der Waals surface area contributed by atoms with E-state index in [1.807, 2.05) is 0 Å². The Bertz CT molecular complexity index is 506. The number of carbonyl (C=O) groups excluding carboxylic acids is 1. The molecule has 0 amide bonds. The minimum Gasteiger partial charge on any atom is -0.512 e. The van der Waals surface area contributed by atoms with Gasteiger partial charge in [0, 0.05) is 4.92 Å². The molecule has 0 aliphatic carbocycles. The van der Waals surface area contributed by atoms with Gasteiger partial charge in [-0.3, -0.25) is 10.1 Å². The zero-order valence-corrected chi connectivity index (χ0v) is 11.4. The number of hydrogen-bond donors (Lipinski definition) is 1. The van der Waals surface area contributed by atoms with E-state index in [0.717, 1.165) is 0 Å². The number of hydrogen-bond acceptors (Lipinski definition) is 5. The van der Waals surface area contributed by atoms with E-state index in [-0.39, 0.29) is 17.9 Å². The summed E-state index contributed by atoms with van der Waals surface area (Å²) in [6.45, 7) is 2.60. The molecule has 0 unspecified atom stereocenters. The number of allylic oxidation sites excluding steroid dienone is 1. The molecule has 0 aliphatic rings. The fourth-order valence-corrected chi connectivity index (χ4v) is 1.95. The second kappa shape index (κ2) is 7.28. The van der Waals surface area contributed by atoms with Crippen LogP contribution in [0.3, 0.4) is 0 Å². The molecule has 1 rings (SSSR count). The van der Waals surface area contributed by atoms with E-state index in [9.17, 15) is 20.0 Å². The number of benzene rings is 1. The summed E-state index contributed by atoms with van der Waals surface area (Å²) in [4.78, 5) is 22.2. The Morgan fingerprint density at radius 2 is 2.00 bits per heavy atom. The van der Waals surface area contributed by atoms with E-state index < -0.39 is 23.4 Å². The van der Waals surface area contributed by atoms with Crippen molar-refractivity contribution in [3.05, 3.63) is 57.3 Å². The van der Waals surface area contributed by atoms with Crippen molar-refractivity contribution in [2.24, 2.45) is 0 Å². The molecule has 1 aromatic carbocycles. The molecule has 0 fully saturated rings. The molecule has 108 valence electrons. The van der Waals surface area contributed by atoms with Crippen molar-refractivity contribution in [1.29, 1.82) is 0 Å². The standard InChI is InChI=1S/C14H17NO5/c1-3-20-14(17)13(10(2)16)12(9-15(18)19)11-7-5-4-6-8-11/h4-8,12,16H,3,9H2,1-2H3/b13-10+/t12-/m1/s1. The molecular weight excluding hydrogens is 262 g/mol. The first-order chi connectivity index (χ1) is 9.47. The number of rotatable bonds is 6. The highest BCUT2D eigenvalue weighted by Gasteiger charge is 2.30. The third kappa shape index (κ3) is 4.08. The van der Waals surface area contributed by atoms with E-state index in [2.05, 4.69) is 0 Å². The SMILES string of the molecule is CCOC(=O)/C(=C(\C)O)[C@H](C[N+](=O)[O-])c1ccccc1. The Morgan fingerprint density at radius 1 is 1.40 bits per heavy atom. The van der Waals surface area contributed by atoms with Crippen LogP contribution < -0.4 is 0 Å². The zero-order chi connectivity index (χ0) is 15.1. The Labute approximate surface area is 116 Å². The first-order valence-corrected chi connectivity index (χ1v) is 6.21. The topological polar surface area (TPSA) is 89.7 Å². The van der Waals surface area contributed by atoms with Gasteiger partial charge in [0.25, 0.3) is 0 Å². The van der Waals surface area contributed by atoms with Crippen molar-refractivity contribution in [3.63, 3.8) is 0 Å². The highest BCUT2D eigenvalue weighted by molar-refractivity contribution is 5.90. The van der Waals surface area contributed by atoms with Crippen LogP contribution in [0.5, 0.6) is 0 Å². The Kier molecular flexibility index (Phi) is 5.71. The normalized spacial score (nSPS) is 13.3. The maximum Gasteiger partial charge on any atom is 0.338 e. The molecule has 0 radical (unpaired) electrons. The van der Waals surface area contributed by atoms with Gasteiger partial charge in [0.15, 0.2) is 0 Å². The number of aliphatic hydroxyl groups excluding tert-OH is 1. The highest BCUT2D eigenvalue weighted by Crippen LogP contribution is 2.27. The molecule has 1 atom stereocenters. The van der Waals surface area contributed by atoms with E-state index in [1.165, 1.54) is 6.92 Å². The average molecular weight is 279 g/mol. The Balaban J connectivity index is 3.24. The van der Waals surface area contributed by atoms with Crippen molar-refractivity contribution < 1.29 is 19.6 Å². The second-order valence-electron chi connectivity index (χ2n) is 4.20. The van der Waals surface area contributed by atoms with Gasteiger partial charge >= 0.3 is 5.97 Å². The summed E-state index contributed by atoms with van der Waals surface area (Å²) in [5.74, 6) is -1.84. The van der Waals surface area contributed by atoms with Crippen molar-refractivity contribution >= 4 is 5.97 Å². The van der Waals surface area contributed by atoms with Gasteiger partial charge in [-0.15, -0.1) is 0 Å². The number of nitro groups is 1. The summed E-state index contributed by atoms with van der Waals surface area (Å²) in [6.07, 6.45) is 0. The lowest BCUT2D eigenvalue weighted by molar-refractivity contribution is -0.482. The number of nitrogens with zero attached hydrogens (tertiary/aromatic N) is 1. The molecule has 6 heteroatoms. The lowest BCUT2D eigenvalue weighted by Gasteiger charge is -2.17. The third-order valence-electron chi connectivity index (χ3n) is 2.77. The van der Waals surface area contributed by atoms with Crippen LogP contribution in [0, 0.1) is 10.1 Å². The molecule has 0 heterocycles. The number of ether oxygens (including phenoxy) is 1. The summed E-state index contributed by atoms with van der Waals surface area (Å²) < 4.78 is 4.87. The van der Waals surface area contributed by atoms with E-state index in [1.54, 1.807) is 37.3 Å². The largest absolute Gasteiger partial charge is 0.512 e. The maximum atomic E-state index is 11.9. The number of aliphatic hydroxyl groups is 1. The minimum atomic E-state index is -0.838. The van der Waals surface area contributed by atoms with Gasteiger partial charge in [-0.05, 0) is 19.4 Å². The van der Waals surface area contributed by atoms with Gasteiger partial charge in [-0.25, -0.2) is 4.79 Å². The van der Waals surface area contributed by atoms with E-state index >= 15 is 0 Å². The molecule has 1 N–H and O–H groups in total. The van der Waals surface area contributed by atoms with Crippen molar-refractivity contribution in [3.8, 4) is 0 Å². The second-order valence-corrected chi connectivity index (χ2v) is 4.20. The van der Waals surface area contributed by atoms with Crippen LogP contribution in [0.15, 0.2) is 41.7 Å². The van der Waals surface area contributed by atoms with Gasteiger partial charge in [-0.2, -0.15) is 0 Å². The van der Waals surface area contributed by atoms with Gasteiger partial charge < -0.3 is 9.84 Å². The van der Waals surface area contributed by atoms with E-state index in [0.29, 0.717) is 5.56 Å². The summed E-state index contributed by atoms with van der Waals surface area (Å²) in [5.41, 5.74) is 0.510. The lowest BCUT2D eigenvalue weighted by Crippen LogP contribution is -2.22. The molecule has 6 nitrogen and oxygen atoms in total. The minimum absolute atomic E-state index is 0.0743. The summed E-state index contributed by atoms with van der Waals surface area (Å²) in [6, 6.07) is 8.56. The van der Waals surface area contributed by atoms with Gasteiger partial charge in [-0.1, -0.05) is 30.3 Å². The fourth-order valence-electron chi connectivity index (χ4n) is 1.95. The Morgan fingerprint density at radius 3 is 2.45 bits per heavy atom. The number of esters is 1. The van der Waals surface area contributed by atoms with Crippen LogP contribution in [0.25, 0.3) is 0 Å². The fraction of sp³-hybridized carbons (Fsp3) is 0.357. The predicted molar refractivity (Wildman–Crippen MR) is 73.0 cm³/mol. The lowest BCUT2D eigenvalue weighted by atomic mass is 9.90. The van der Waals surface area contributed by atoms with Crippen LogP contribution in [-0.4, -0.2) is 29.2 Å². The highest BCUT2D eigenvalue weighted by atomic mass is 16.6. The van der Waals surface area contributed by atoms with Crippen LogP contribution in [0.4, 0.5) is 0 Å². The summed E-state index contributed by atoms with van der Waals surface area (Å²) in [7, 11) is 0. The monoisotopic (exact) mass is 279 g/mol. The summed E-state index contributed by atoms with van der Waals surface area (Å²) in [5, 5.41) is 20.5.